The van der Waals surface area contributed by atoms with Gasteiger partial charge in [0.2, 0.25) is 0 Å². The van der Waals surface area contributed by atoms with E-state index in [0.29, 0.717) is 12.8 Å². The van der Waals surface area contributed by atoms with E-state index in [9.17, 15) is 14.1 Å². The number of rotatable bonds is 6. The lowest BCUT2D eigenvalue weighted by atomic mass is 10.2. The van der Waals surface area contributed by atoms with E-state index in [1.807, 2.05) is 0 Å². The Bertz CT molecular complexity index is 664. The van der Waals surface area contributed by atoms with Gasteiger partial charge in [0.05, 0.1) is 18.9 Å². The third-order valence-corrected chi connectivity index (χ3v) is 4.97. The van der Waals surface area contributed by atoms with Gasteiger partial charge < -0.3 is 14.2 Å². The van der Waals surface area contributed by atoms with E-state index in [4.69, 9.17) is 23.9 Å². The van der Waals surface area contributed by atoms with Crippen LogP contribution in [0.25, 0.3) is 0 Å². The molecular weight excluding hydrogens is 377 g/mol. The summed E-state index contributed by atoms with van der Waals surface area (Å²) in [5.41, 5.74) is -0.619. The van der Waals surface area contributed by atoms with Gasteiger partial charge >= 0.3 is 22.5 Å². The molecular formula is C9H14FN2O8P2S+. The van der Waals surface area contributed by atoms with Crippen LogP contribution in [-0.2, 0) is 13.6 Å². The highest BCUT2D eigenvalue weighted by Crippen LogP contribution is 2.57. The molecule has 0 radical (unpaired) electrons. The predicted molar refractivity (Wildman–Crippen MR) is 78.7 cm³/mol. The van der Waals surface area contributed by atoms with Gasteiger partial charge in [-0.2, -0.15) is 14.7 Å². The highest BCUT2D eigenvalue weighted by Gasteiger charge is 2.39. The third-order valence-electron chi connectivity index (χ3n) is 2.87. The molecule has 2 heterocycles. The summed E-state index contributed by atoms with van der Waals surface area (Å²) >= 11 is 4.61. The zero-order valence-corrected chi connectivity index (χ0v) is 14.0. The monoisotopic (exact) mass is 391 g/mol. The molecule has 3 atom stereocenters. The van der Waals surface area contributed by atoms with Gasteiger partial charge in [-0.05, 0) is 12.8 Å². The molecule has 5 N–H and O–H groups in total. The summed E-state index contributed by atoms with van der Waals surface area (Å²) in [5.74, 6) is -0.760. The molecule has 0 aliphatic carbocycles. The minimum Gasteiger partial charge on any atom is -0.352 e. The highest BCUT2D eigenvalue weighted by molar-refractivity contribution is 7.71. The van der Waals surface area contributed by atoms with E-state index in [2.05, 4.69) is 21.5 Å². The van der Waals surface area contributed by atoms with Crippen molar-refractivity contribution in [1.29, 1.82) is 0 Å². The standard InChI is InChI=1S/C9H13FN2O8P2S/c10-6-3-12(9(13)11-8(6)23)7-2-1-5(19-7)4-18-21(14)20-22(15,16)17/h3,5,7,14-17H,1-2,4H2/p+1. The van der Waals surface area contributed by atoms with Crippen LogP contribution in [0.4, 0.5) is 4.39 Å². The predicted octanol–water partition coefficient (Wildman–Crippen LogP) is 0.629. The Kier molecular flexibility index (Phi) is 6.31. The van der Waals surface area contributed by atoms with Gasteiger partial charge in [0.15, 0.2) is 5.82 Å². The Morgan fingerprint density at radius 2 is 2.22 bits per heavy atom. The molecule has 0 spiro atoms. The molecule has 1 aliphatic heterocycles. The Labute approximate surface area is 135 Å². The van der Waals surface area contributed by atoms with Crippen LogP contribution in [0.2, 0.25) is 0 Å². The second-order valence-corrected chi connectivity index (χ2v) is 7.38. The van der Waals surface area contributed by atoms with Gasteiger partial charge in [0.25, 0.3) is 0 Å². The third kappa shape index (κ3) is 5.57. The number of ether oxygens (including phenoxy) is 1. The zero-order valence-electron chi connectivity index (χ0n) is 11.4. The van der Waals surface area contributed by atoms with Gasteiger partial charge in [0, 0.05) is 0 Å². The van der Waals surface area contributed by atoms with Crippen molar-refractivity contribution in [2.75, 3.05) is 6.61 Å². The van der Waals surface area contributed by atoms with Crippen molar-refractivity contribution in [3.63, 3.8) is 0 Å². The lowest BCUT2D eigenvalue weighted by Gasteiger charge is -2.16. The van der Waals surface area contributed by atoms with E-state index in [-0.39, 0.29) is 11.2 Å². The molecule has 2 rings (SSSR count). The normalized spacial score (nSPS) is 23.2. The van der Waals surface area contributed by atoms with Crippen LogP contribution in [-0.4, -0.2) is 41.8 Å². The quantitative estimate of drug-likeness (QED) is 0.348. The molecule has 14 heteroatoms. The molecule has 1 fully saturated rings. The Balaban J connectivity index is 1.91. The van der Waals surface area contributed by atoms with Gasteiger partial charge in [-0.25, -0.2) is 9.18 Å². The molecule has 130 valence electrons. The van der Waals surface area contributed by atoms with Crippen molar-refractivity contribution in [3.05, 3.63) is 27.1 Å². The molecule has 3 unspecified atom stereocenters. The van der Waals surface area contributed by atoms with Crippen molar-refractivity contribution in [1.82, 2.24) is 9.55 Å². The minimum atomic E-state index is -4.60. The lowest BCUT2D eigenvalue weighted by molar-refractivity contribution is -0.0222. The first-order valence-corrected chi connectivity index (χ1v) is 9.31. The number of H-pyrrole nitrogens is 1. The van der Waals surface area contributed by atoms with Crippen molar-refractivity contribution in [2.45, 2.75) is 25.2 Å². The molecule has 1 aliphatic rings. The number of hydrogen-bond donors (Lipinski definition) is 5. The first-order valence-electron chi connectivity index (χ1n) is 6.21. The van der Waals surface area contributed by atoms with Crippen LogP contribution >= 0.6 is 29.0 Å². The fraction of sp³-hybridized carbons (Fsp3) is 0.556. The van der Waals surface area contributed by atoms with Crippen molar-refractivity contribution in [3.8, 4) is 0 Å². The van der Waals surface area contributed by atoms with Gasteiger partial charge in [0.1, 0.15) is 10.9 Å². The summed E-state index contributed by atoms with van der Waals surface area (Å²) in [7, 11) is -7.30. The summed E-state index contributed by atoms with van der Waals surface area (Å²) in [5, 5.41) is 0. The summed E-state index contributed by atoms with van der Waals surface area (Å²) in [6.45, 7) is -0.182. The fourth-order valence-corrected chi connectivity index (χ4v) is 3.32. The van der Waals surface area contributed by atoms with Gasteiger partial charge in [-0.3, -0.25) is 9.55 Å². The average molecular weight is 391 g/mol. The van der Waals surface area contributed by atoms with E-state index in [1.165, 1.54) is 0 Å². The van der Waals surface area contributed by atoms with Crippen molar-refractivity contribution in [2.24, 2.45) is 0 Å². The van der Waals surface area contributed by atoms with Crippen LogP contribution in [0.3, 0.4) is 0 Å². The number of aromatic nitrogens is 2. The van der Waals surface area contributed by atoms with E-state index >= 15 is 0 Å². The smallest absolute Gasteiger partial charge is 0.352 e. The topological polar surface area (TPSA) is 146 Å². The molecule has 23 heavy (non-hydrogen) atoms. The van der Waals surface area contributed by atoms with E-state index in [0.717, 1.165) is 10.8 Å². The SMILES string of the molecule is O=c1[nH]c(=S)c(F)cn1C1CCC(COP(O)O[P+](O)(O)O)O1. The first-order chi connectivity index (χ1) is 10.7. The average Bonchev–Trinajstić information content (AvgIpc) is 2.87. The largest absolute Gasteiger partial charge is 0.575 e. The number of hydrogen-bond acceptors (Lipinski definition) is 9. The molecule has 1 aromatic heterocycles. The van der Waals surface area contributed by atoms with Gasteiger partial charge in [-0.1, -0.05) is 16.5 Å². The number of nitrogens with one attached hydrogen (secondary N) is 1. The van der Waals surface area contributed by atoms with Crippen LogP contribution < -0.4 is 5.69 Å². The minimum absolute atomic E-state index is 0.182. The summed E-state index contributed by atoms with van der Waals surface area (Å²) in [6, 6.07) is 0. The number of halogens is 1. The van der Waals surface area contributed by atoms with Crippen molar-refractivity contribution >= 4 is 29.0 Å². The Hall–Kier alpha value is -0.390. The number of aromatic amines is 1. The molecule has 1 saturated heterocycles. The Morgan fingerprint density at radius 1 is 1.52 bits per heavy atom. The van der Waals surface area contributed by atoms with Gasteiger partial charge in [-0.15, -0.1) is 0 Å². The Morgan fingerprint density at radius 3 is 2.87 bits per heavy atom. The van der Waals surface area contributed by atoms with Crippen LogP contribution in [0.5, 0.6) is 0 Å². The lowest BCUT2D eigenvalue weighted by Crippen LogP contribution is -2.28. The summed E-state index contributed by atoms with van der Waals surface area (Å²) in [4.78, 5) is 49.0. The summed E-state index contributed by atoms with van der Waals surface area (Å²) < 4.78 is 28.5. The second kappa shape index (κ2) is 7.66. The fourth-order valence-electron chi connectivity index (χ4n) is 1.95. The van der Waals surface area contributed by atoms with Crippen LogP contribution in [0.1, 0.15) is 19.1 Å². The summed E-state index contributed by atoms with van der Waals surface area (Å²) in [6.07, 6.45) is 0.499. The molecule has 0 saturated carbocycles. The molecule has 1 aromatic rings. The molecule has 0 aromatic carbocycles. The van der Waals surface area contributed by atoms with E-state index in [1.54, 1.807) is 0 Å². The highest BCUT2D eigenvalue weighted by atomic mass is 32.1. The molecule has 10 nitrogen and oxygen atoms in total. The zero-order chi connectivity index (χ0) is 17.2. The van der Waals surface area contributed by atoms with Crippen molar-refractivity contribution < 1.29 is 37.5 Å². The maximum Gasteiger partial charge on any atom is 0.575 e. The molecule has 0 amide bonds. The van der Waals surface area contributed by atoms with Crippen LogP contribution in [0, 0.1) is 10.5 Å². The number of nitrogens with zero attached hydrogens (tertiary/aromatic N) is 1. The van der Waals surface area contributed by atoms with E-state index < -0.39 is 40.6 Å². The second-order valence-electron chi connectivity index (χ2n) is 4.56. The first kappa shape index (κ1) is 18.9. The maximum absolute atomic E-state index is 13.4. The maximum atomic E-state index is 13.4. The molecule has 0 bridgehead atoms. The van der Waals surface area contributed by atoms with Crippen LogP contribution in [0.15, 0.2) is 11.0 Å².